The van der Waals surface area contributed by atoms with Crippen molar-refractivity contribution in [2.75, 3.05) is 11.1 Å². The molecule has 0 bridgehead atoms. The van der Waals surface area contributed by atoms with Gasteiger partial charge in [0, 0.05) is 10.5 Å². The van der Waals surface area contributed by atoms with E-state index < -0.39 is 0 Å². The van der Waals surface area contributed by atoms with E-state index in [4.69, 9.17) is 4.42 Å². The van der Waals surface area contributed by atoms with E-state index in [9.17, 15) is 4.79 Å². The van der Waals surface area contributed by atoms with Crippen LogP contribution >= 0.6 is 11.8 Å². The van der Waals surface area contributed by atoms with Crippen molar-refractivity contribution in [2.45, 2.75) is 18.2 Å². The van der Waals surface area contributed by atoms with Gasteiger partial charge >= 0.3 is 6.01 Å². The van der Waals surface area contributed by atoms with Crippen LogP contribution in [0.4, 0.5) is 6.01 Å². The number of carbonyl (C=O) groups excluding carboxylic acids is 1. The number of hydrogen-bond acceptors (Lipinski definition) is 5. The molecular weight excluding hydrogens is 394 g/mol. The van der Waals surface area contributed by atoms with Crippen LogP contribution in [0.1, 0.15) is 28.7 Å². The van der Waals surface area contributed by atoms with Gasteiger partial charge in [-0.05, 0) is 46.7 Å². The molecule has 1 amide bonds. The summed E-state index contributed by atoms with van der Waals surface area (Å²) in [6, 6.07) is 25.8. The number of rotatable bonds is 7. The molecule has 0 saturated carbocycles. The van der Waals surface area contributed by atoms with E-state index in [-0.39, 0.29) is 11.9 Å². The van der Waals surface area contributed by atoms with Gasteiger partial charge in [-0.1, -0.05) is 66.6 Å². The van der Waals surface area contributed by atoms with E-state index in [1.165, 1.54) is 4.90 Å². The number of aromatic nitrogens is 2. The minimum atomic E-state index is -0.286. The molecule has 30 heavy (non-hydrogen) atoms. The van der Waals surface area contributed by atoms with Crippen molar-refractivity contribution >= 4 is 23.7 Å². The Bertz CT molecular complexity index is 1110. The first-order chi connectivity index (χ1) is 14.7. The van der Waals surface area contributed by atoms with Gasteiger partial charge in [-0.15, -0.1) is 16.9 Å². The van der Waals surface area contributed by atoms with Gasteiger partial charge < -0.3 is 4.42 Å². The Morgan fingerprint density at radius 1 is 0.900 bits per heavy atom. The quantitative estimate of drug-likeness (QED) is 0.393. The molecule has 1 N–H and O–H groups in total. The summed E-state index contributed by atoms with van der Waals surface area (Å²) in [7, 11) is 0. The zero-order valence-electron chi connectivity index (χ0n) is 16.5. The van der Waals surface area contributed by atoms with Crippen molar-refractivity contribution in [3.8, 4) is 11.1 Å². The Balaban J connectivity index is 1.37. The van der Waals surface area contributed by atoms with Crippen molar-refractivity contribution in [3.63, 3.8) is 0 Å². The van der Waals surface area contributed by atoms with E-state index in [0.717, 1.165) is 22.4 Å². The maximum Gasteiger partial charge on any atom is 0.322 e. The number of nitrogens with zero attached hydrogens (tertiary/aromatic N) is 2. The summed E-state index contributed by atoms with van der Waals surface area (Å²) >= 11 is 1.80. The molecule has 0 atom stereocenters. The molecule has 0 aliphatic heterocycles. The summed E-state index contributed by atoms with van der Waals surface area (Å²) < 4.78 is 5.59. The van der Waals surface area contributed by atoms with Crippen LogP contribution in [0.3, 0.4) is 0 Å². The minimum absolute atomic E-state index is 0.0975. The second-order valence-corrected chi connectivity index (χ2v) is 7.99. The fourth-order valence-electron chi connectivity index (χ4n) is 3.03. The molecule has 3 aromatic carbocycles. The summed E-state index contributed by atoms with van der Waals surface area (Å²) in [6.45, 7) is 2.13. The highest BCUT2D eigenvalue weighted by Gasteiger charge is 2.12. The van der Waals surface area contributed by atoms with Gasteiger partial charge in [0.25, 0.3) is 5.91 Å². The average Bonchev–Trinajstić information content (AvgIpc) is 3.22. The normalized spacial score (nSPS) is 10.7. The van der Waals surface area contributed by atoms with E-state index in [1.807, 2.05) is 42.5 Å². The van der Waals surface area contributed by atoms with Crippen LogP contribution in [0.5, 0.6) is 0 Å². The minimum Gasteiger partial charge on any atom is -0.407 e. The maximum absolute atomic E-state index is 12.5. The first kappa shape index (κ1) is 19.9. The average molecular weight is 416 g/mol. The fraction of sp³-hybridized carbons (Fsp3) is 0.125. The van der Waals surface area contributed by atoms with Crippen molar-refractivity contribution in [3.05, 3.63) is 95.9 Å². The van der Waals surface area contributed by atoms with Crippen LogP contribution in [0.2, 0.25) is 0 Å². The summed E-state index contributed by atoms with van der Waals surface area (Å²) in [5.41, 5.74) is 3.76. The predicted octanol–water partition coefficient (Wildman–Crippen LogP) is 5.69. The van der Waals surface area contributed by atoms with E-state index in [0.29, 0.717) is 17.9 Å². The van der Waals surface area contributed by atoms with Crippen LogP contribution in [-0.4, -0.2) is 21.9 Å². The zero-order chi connectivity index (χ0) is 20.8. The molecule has 150 valence electrons. The largest absolute Gasteiger partial charge is 0.407 e. The molecular formula is C24H21N3O2S. The third kappa shape index (κ3) is 4.96. The molecule has 0 aliphatic rings. The predicted molar refractivity (Wildman–Crippen MR) is 120 cm³/mol. The first-order valence-electron chi connectivity index (χ1n) is 9.72. The molecule has 6 heteroatoms. The molecule has 0 spiro atoms. The third-order valence-corrected chi connectivity index (χ3v) is 5.43. The summed E-state index contributed by atoms with van der Waals surface area (Å²) in [4.78, 5) is 13.7. The van der Waals surface area contributed by atoms with Crippen molar-refractivity contribution in [1.82, 2.24) is 10.2 Å². The van der Waals surface area contributed by atoms with E-state index in [2.05, 4.69) is 46.7 Å². The number of benzene rings is 3. The number of anilines is 1. The molecule has 0 saturated heterocycles. The lowest BCUT2D eigenvalue weighted by Crippen LogP contribution is -2.11. The second kappa shape index (κ2) is 9.41. The standard InChI is InChI=1S/C24H21N3O2S/c1-2-30-21-14-8-17(9-15-21)16-22-26-27-24(29-22)25-23(28)20-12-10-19(11-13-20)18-6-4-3-5-7-18/h3-15H,2,16H2,1H3,(H,25,27,28). The lowest BCUT2D eigenvalue weighted by atomic mass is 10.0. The molecule has 0 fully saturated rings. The lowest BCUT2D eigenvalue weighted by molar-refractivity contribution is 0.102. The SMILES string of the molecule is CCSc1ccc(Cc2nnc(NC(=O)c3ccc(-c4ccccc4)cc3)o2)cc1. The number of thioether (sulfide) groups is 1. The highest BCUT2D eigenvalue weighted by atomic mass is 32.2. The number of carbonyl (C=O) groups is 1. The van der Waals surface area contributed by atoms with Crippen molar-refractivity contribution in [1.29, 1.82) is 0 Å². The highest BCUT2D eigenvalue weighted by molar-refractivity contribution is 7.99. The molecule has 0 radical (unpaired) electrons. The lowest BCUT2D eigenvalue weighted by Gasteiger charge is -2.04. The Labute approximate surface area is 179 Å². The topological polar surface area (TPSA) is 68.0 Å². The Kier molecular flexibility index (Phi) is 6.25. The molecule has 1 aromatic heterocycles. The smallest absolute Gasteiger partial charge is 0.322 e. The zero-order valence-corrected chi connectivity index (χ0v) is 17.4. The summed E-state index contributed by atoms with van der Waals surface area (Å²) in [5.74, 6) is 1.22. The summed E-state index contributed by atoms with van der Waals surface area (Å²) in [6.07, 6.45) is 0.520. The fourth-order valence-corrected chi connectivity index (χ4v) is 3.70. The Hall–Kier alpha value is -3.38. The van der Waals surface area contributed by atoms with Gasteiger partial charge in [0.2, 0.25) is 5.89 Å². The van der Waals surface area contributed by atoms with Gasteiger partial charge in [0.05, 0.1) is 6.42 Å². The van der Waals surface area contributed by atoms with Crippen LogP contribution < -0.4 is 5.32 Å². The van der Waals surface area contributed by atoms with Gasteiger partial charge in [-0.2, -0.15) is 0 Å². The molecule has 0 aliphatic carbocycles. The molecule has 1 heterocycles. The molecule has 5 nitrogen and oxygen atoms in total. The van der Waals surface area contributed by atoms with Crippen LogP contribution in [0.15, 0.2) is 88.2 Å². The Morgan fingerprint density at radius 3 is 2.30 bits per heavy atom. The monoisotopic (exact) mass is 415 g/mol. The number of hydrogen-bond donors (Lipinski definition) is 1. The molecule has 4 aromatic rings. The van der Waals surface area contributed by atoms with Crippen molar-refractivity contribution in [2.24, 2.45) is 0 Å². The Morgan fingerprint density at radius 2 is 1.60 bits per heavy atom. The first-order valence-corrected chi connectivity index (χ1v) is 10.7. The van der Waals surface area contributed by atoms with Crippen LogP contribution in [0, 0.1) is 0 Å². The van der Waals surface area contributed by atoms with Gasteiger partial charge in [-0.25, -0.2) is 0 Å². The van der Waals surface area contributed by atoms with Crippen LogP contribution in [0.25, 0.3) is 11.1 Å². The van der Waals surface area contributed by atoms with Gasteiger partial charge in [0.15, 0.2) is 0 Å². The van der Waals surface area contributed by atoms with E-state index >= 15 is 0 Å². The van der Waals surface area contributed by atoms with Crippen LogP contribution in [-0.2, 0) is 6.42 Å². The van der Waals surface area contributed by atoms with Gasteiger partial charge in [-0.3, -0.25) is 10.1 Å². The maximum atomic E-state index is 12.5. The molecule has 0 unspecified atom stereocenters. The molecule has 4 rings (SSSR count). The van der Waals surface area contributed by atoms with Crippen molar-refractivity contribution < 1.29 is 9.21 Å². The number of amides is 1. The van der Waals surface area contributed by atoms with Gasteiger partial charge in [0.1, 0.15) is 0 Å². The second-order valence-electron chi connectivity index (χ2n) is 6.65. The number of nitrogens with one attached hydrogen (secondary N) is 1. The third-order valence-electron chi connectivity index (χ3n) is 4.53. The summed E-state index contributed by atoms with van der Waals surface area (Å²) in [5, 5.41) is 10.6. The van der Waals surface area contributed by atoms with E-state index in [1.54, 1.807) is 23.9 Å². The highest BCUT2D eigenvalue weighted by Crippen LogP contribution is 2.21.